The van der Waals surface area contributed by atoms with Crippen LogP contribution < -0.4 is 21.9 Å². The Morgan fingerprint density at radius 3 is 2.96 bits per heavy atom. The van der Waals surface area contributed by atoms with Crippen LogP contribution in [-0.4, -0.2) is 40.5 Å². The quantitative estimate of drug-likeness (QED) is 0.614. The molecule has 1 fully saturated rings. The molecule has 3 rings (SSSR count). The minimum absolute atomic E-state index is 0.129. The summed E-state index contributed by atoms with van der Waals surface area (Å²) >= 11 is 0. The van der Waals surface area contributed by atoms with E-state index < -0.39 is 11.2 Å². The Labute approximate surface area is 131 Å². The highest BCUT2D eigenvalue weighted by atomic mass is 16.2. The molecule has 23 heavy (non-hydrogen) atoms. The van der Waals surface area contributed by atoms with Crippen LogP contribution in [0.25, 0.3) is 11.0 Å². The molecule has 0 bridgehead atoms. The van der Waals surface area contributed by atoms with Crippen LogP contribution in [0.1, 0.15) is 28.9 Å². The van der Waals surface area contributed by atoms with Gasteiger partial charge in [-0.05, 0) is 50.4 Å². The molecular formula is C15H19N5O3. The molecule has 4 N–H and O–H groups in total. The van der Waals surface area contributed by atoms with Crippen molar-refractivity contribution in [3.05, 3.63) is 38.2 Å². The summed E-state index contributed by atoms with van der Waals surface area (Å²) in [5.41, 5.74) is -0.225. The van der Waals surface area contributed by atoms with Gasteiger partial charge >= 0.3 is 5.69 Å². The van der Waals surface area contributed by atoms with Gasteiger partial charge in [0.15, 0.2) is 0 Å². The summed E-state index contributed by atoms with van der Waals surface area (Å²) < 4.78 is 0. The lowest BCUT2D eigenvalue weighted by atomic mass is 10.1. The molecule has 2 aromatic rings. The number of amides is 1. The van der Waals surface area contributed by atoms with Gasteiger partial charge in [0.05, 0.1) is 5.39 Å². The van der Waals surface area contributed by atoms with Crippen molar-refractivity contribution in [3.8, 4) is 0 Å². The van der Waals surface area contributed by atoms with Crippen molar-refractivity contribution in [1.82, 2.24) is 25.6 Å². The number of aromatic amines is 2. The van der Waals surface area contributed by atoms with E-state index in [4.69, 9.17) is 0 Å². The fourth-order valence-corrected chi connectivity index (χ4v) is 2.91. The number of nitrogens with zero attached hydrogens (tertiary/aromatic N) is 1. The SMILES string of the molecule is Cc1cc(C(=O)NCCC2CCNC2)nc2[nH]c(=O)[nH]c(=O)c12. The van der Waals surface area contributed by atoms with E-state index in [1.54, 1.807) is 13.0 Å². The van der Waals surface area contributed by atoms with Crippen LogP contribution >= 0.6 is 0 Å². The van der Waals surface area contributed by atoms with Gasteiger partial charge in [-0.3, -0.25) is 19.6 Å². The molecular weight excluding hydrogens is 298 g/mol. The van der Waals surface area contributed by atoms with E-state index in [1.165, 1.54) is 0 Å². The molecule has 1 unspecified atom stereocenters. The number of hydrogen-bond acceptors (Lipinski definition) is 5. The lowest BCUT2D eigenvalue weighted by Crippen LogP contribution is -2.28. The summed E-state index contributed by atoms with van der Waals surface area (Å²) in [7, 11) is 0. The third-order valence-electron chi connectivity index (χ3n) is 4.14. The molecule has 0 spiro atoms. The predicted molar refractivity (Wildman–Crippen MR) is 85.6 cm³/mol. The van der Waals surface area contributed by atoms with Crippen molar-refractivity contribution in [2.45, 2.75) is 19.8 Å². The fourth-order valence-electron chi connectivity index (χ4n) is 2.91. The van der Waals surface area contributed by atoms with Crippen LogP contribution in [-0.2, 0) is 0 Å². The number of pyridine rings is 1. The molecule has 1 aliphatic heterocycles. The van der Waals surface area contributed by atoms with Gasteiger partial charge in [0.25, 0.3) is 11.5 Å². The molecule has 8 nitrogen and oxygen atoms in total. The van der Waals surface area contributed by atoms with Gasteiger partial charge < -0.3 is 10.6 Å². The average Bonchev–Trinajstić information content (AvgIpc) is 2.99. The number of nitrogens with one attached hydrogen (secondary N) is 4. The highest BCUT2D eigenvalue weighted by Gasteiger charge is 2.16. The maximum absolute atomic E-state index is 12.2. The first kappa shape index (κ1) is 15.4. The number of H-pyrrole nitrogens is 2. The molecule has 0 saturated carbocycles. The lowest BCUT2D eigenvalue weighted by molar-refractivity contribution is 0.0947. The van der Waals surface area contributed by atoms with Gasteiger partial charge in [0.2, 0.25) is 0 Å². The molecule has 122 valence electrons. The molecule has 1 aliphatic rings. The fraction of sp³-hybridized carbons (Fsp3) is 0.467. The zero-order chi connectivity index (χ0) is 16.4. The van der Waals surface area contributed by atoms with E-state index in [0.717, 1.165) is 25.9 Å². The summed E-state index contributed by atoms with van der Waals surface area (Å²) in [5, 5.41) is 6.42. The van der Waals surface area contributed by atoms with Gasteiger partial charge in [0.1, 0.15) is 11.3 Å². The Hall–Kier alpha value is -2.48. The molecule has 8 heteroatoms. The Morgan fingerprint density at radius 2 is 2.22 bits per heavy atom. The highest BCUT2D eigenvalue weighted by molar-refractivity contribution is 5.95. The smallest absolute Gasteiger partial charge is 0.327 e. The maximum atomic E-state index is 12.2. The average molecular weight is 317 g/mol. The van der Waals surface area contributed by atoms with Crippen LogP contribution in [0, 0.1) is 12.8 Å². The van der Waals surface area contributed by atoms with Crippen molar-refractivity contribution >= 4 is 16.9 Å². The molecule has 1 atom stereocenters. The number of rotatable bonds is 4. The van der Waals surface area contributed by atoms with E-state index in [0.29, 0.717) is 18.0 Å². The van der Waals surface area contributed by atoms with Crippen molar-refractivity contribution in [2.24, 2.45) is 5.92 Å². The summed E-state index contributed by atoms with van der Waals surface area (Å²) in [4.78, 5) is 44.1. The van der Waals surface area contributed by atoms with Crippen molar-refractivity contribution in [3.63, 3.8) is 0 Å². The van der Waals surface area contributed by atoms with E-state index in [2.05, 4.69) is 25.6 Å². The number of aromatic nitrogens is 3. The monoisotopic (exact) mass is 317 g/mol. The zero-order valence-corrected chi connectivity index (χ0v) is 12.9. The number of hydrogen-bond donors (Lipinski definition) is 4. The second-order valence-electron chi connectivity index (χ2n) is 5.86. The van der Waals surface area contributed by atoms with Gasteiger partial charge in [-0.25, -0.2) is 9.78 Å². The second-order valence-corrected chi connectivity index (χ2v) is 5.86. The third kappa shape index (κ3) is 3.31. The van der Waals surface area contributed by atoms with Crippen molar-refractivity contribution in [1.29, 1.82) is 0 Å². The van der Waals surface area contributed by atoms with E-state index in [-0.39, 0.29) is 22.6 Å². The maximum Gasteiger partial charge on any atom is 0.327 e. The number of fused-ring (bicyclic) bond motifs is 1. The topological polar surface area (TPSA) is 120 Å². The zero-order valence-electron chi connectivity index (χ0n) is 12.9. The van der Waals surface area contributed by atoms with Gasteiger partial charge in [0, 0.05) is 6.54 Å². The predicted octanol–water partition coefficient (Wildman–Crippen LogP) is -0.351. The molecule has 1 amide bonds. The summed E-state index contributed by atoms with van der Waals surface area (Å²) in [6.07, 6.45) is 2.05. The number of carbonyl (C=O) groups excluding carboxylic acids is 1. The first-order chi connectivity index (χ1) is 11.0. The molecule has 2 aromatic heterocycles. The van der Waals surface area contributed by atoms with Crippen LogP contribution in [0.3, 0.4) is 0 Å². The summed E-state index contributed by atoms with van der Waals surface area (Å²) in [6, 6.07) is 1.56. The molecule has 3 heterocycles. The van der Waals surface area contributed by atoms with Crippen LogP contribution in [0.15, 0.2) is 15.7 Å². The molecule has 1 saturated heterocycles. The largest absolute Gasteiger partial charge is 0.351 e. The normalized spacial score (nSPS) is 17.5. The van der Waals surface area contributed by atoms with Crippen LogP contribution in [0.5, 0.6) is 0 Å². The Bertz CT molecular complexity index is 848. The van der Waals surface area contributed by atoms with Crippen molar-refractivity contribution < 1.29 is 4.79 Å². The second kappa shape index (κ2) is 6.33. The lowest BCUT2D eigenvalue weighted by Gasteiger charge is -2.10. The van der Waals surface area contributed by atoms with E-state index in [9.17, 15) is 14.4 Å². The van der Waals surface area contributed by atoms with Crippen LogP contribution in [0.2, 0.25) is 0 Å². The van der Waals surface area contributed by atoms with Gasteiger partial charge in [-0.2, -0.15) is 0 Å². The van der Waals surface area contributed by atoms with Crippen LogP contribution in [0.4, 0.5) is 0 Å². The standard InChI is InChI=1S/C15H19N5O3/c1-8-6-10(13(21)17-5-3-9-2-4-16-7-9)18-12-11(8)14(22)20-15(23)19-12/h6,9,16H,2-5,7H2,1H3,(H,17,21)(H2,18,19,20,22,23). The Kier molecular flexibility index (Phi) is 4.24. The van der Waals surface area contributed by atoms with Crippen molar-refractivity contribution in [2.75, 3.05) is 19.6 Å². The minimum atomic E-state index is -0.638. The summed E-state index contributed by atoms with van der Waals surface area (Å²) in [5.74, 6) is 0.290. The summed E-state index contributed by atoms with van der Waals surface area (Å²) in [6.45, 7) is 4.31. The number of aryl methyl sites for hydroxylation is 1. The van der Waals surface area contributed by atoms with E-state index in [1.807, 2.05) is 0 Å². The van der Waals surface area contributed by atoms with E-state index >= 15 is 0 Å². The minimum Gasteiger partial charge on any atom is -0.351 e. The van der Waals surface area contributed by atoms with Gasteiger partial charge in [-0.15, -0.1) is 0 Å². The Balaban J connectivity index is 1.77. The first-order valence-electron chi connectivity index (χ1n) is 7.67. The van der Waals surface area contributed by atoms with Gasteiger partial charge in [-0.1, -0.05) is 0 Å². The number of carbonyl (C=O) groups is 1. The third-order valence-corrected chi connectivity index (χ3v) is 4.14. The molecule has 0 aliphatic carbocycles. The highest BCUT2D eigenvalue weighted by Crippen LogP contribution is 2.12. The molecule has 0 radical (unpaired) electrons. The first-order valence-corrected chi connectivity index (χ1v) is 7.67. The Morgan fingerprint density at radius 1 is 1.39 bits per heavy atom. The molecule has 0 aromatic carbocycles.